The Hall–Kier alpha value is -2.80. The topological polar surface area (TPSA) is 85.3 Å². The molecule has 2 aliphatic carbocycles. The van der Waals surface area contributed by atoms with Crippen LogP contribution in [0, 0.1) is 11.8 Å². The molecule has 4 N–H and O–H groups in total. The molecule has 0 aromatic carbocycles. The first kappa shape index (κ1) is 17.1. The Bertz CT molecular complexity index is 1190. The molecular weight excluding hydrogens is 386 g/mol. The van der Waals surface area contributed by atoms with E-state index in [0.717, 1.165) is 59.0 Å². The van der Waals surface area contributed by atoms with Crippen LogP contribution >= 0.6 is 11.6 Å². The molecule has 0 spiro atoms. The highest BCUT2D eigenvalue weighted by Crippen LogP contribution is 2.41. The number of hydrogen-bond donors (Lipinski definition) is 4. The van der Waals surface area contributed by atoms with Crippen molar-refractivity contribution >= 4 is 45.2 Å². The van der Waals surface area contributed by atoms with Gasteiger partial charge < -0.3 is 15.6 Å². The van der Waals surface area contributed by atoms with Gasteiger partial charge in [-0.1, -0.05) is 16.6 Å². The van der Waals surface area contributed by atoms with E-state index < -0.39 is 0 Å². The van der Waals surface area contributed by atoms with Crippen molar-refractivity contribution in [1.29, 1.82) is 0 Å². The standard InChI is InChI=1S/C21H22ClN7/c22-16-10-27-19-14(3-5-23-19)18(16)25-9-13-7-17(13)29-11-28-20(26-8-12-1-2-12)15-4-6-24-21(15)29/h3-6,10-13,17H,1-2,7-9H2,(H3,23,24,25,26,27)/p+1. The molecule has 0 radical (unpaired) electrons. The lowest BCUT2D eigenvalue weighted by molar-refractivity contribution is -0.682. The summed E-state index contributed by atoms with van der Waals surface area (Å²) in [6.07, 6.45) is 11.4. The van der Waals surface area contributed by atoms with E-state index >= 15 is 0 Å². The van der Waals surface area contributed by atoms with Crippen LogP contribution in [0.15, 0.2) is 37.1 Å². The number of nitrogens with one attached hydrogen (secondary N) is 4. The third-order valence-corrected chi connectivity index (χ3v) is 6.42. The van der Waals surface area contributed by atoms with Gasteiger partial charge in [0.15, 0.2) is 0 Å². The van der Waals surface area contributed by atoms with Crippen molar-refractivity contribution in [2.75, 3.05) is 23.7 Å². The average Bonchev–Trinajstić information content (AvgIpc) is 3.60. The van der Waals surface area contributed by atoms with Gasteiger partial charge in [0, 0.05) is 30.6 Å². The molecule has 8 heteroatoms. The maximum absolute atomic E-state index is 6.39. The first-order valence-corrected chi connectivity index (χ1v) is 10.6. The number of hydrogen-bond acceptors (Lipinski definition) is 4. The first-order valence-electron chi connectivity index (χ1n) is 10.2. The Balaban J connectivity index is 1.19. The van der Waals surface area contributed by atoms with Gasteiger partial charge in [-0.2, -0.15) is 0 Å². The quantitative estimate of drug-likeness (QED) is 0.350. The molecule has 2 atom stereocenters. The Morgan fingerprint density at radius 1 is 1.07 bits per heavy atom. The van der Waals surface area contributed by atoms with Crippen LogP contribution in [-0.4, -0.2) is 33.0 Å². The lowest BCUT2D eigenvalue weighted by atomic mass is 10.2. The maximum Gasteiger partial charge on any atom is 0.238 e. The zero-order chi connectivity index (χ0) is 19.4. The minimum atomic E-state index is 0.441. The Kier molecular flexibility index (Phi) is 3.90. The minimum absolute atomic E-state index is 0.441. The van der Waals surface area contributed by atoms with Crippen LogP contribution in [0.1, 0.15) is 25.3 Å². The summed E-state index contributed by atoms with van der Waals surface area (Å²) in [7, 11) is 0. The number of anilines is 2. The predicted molar refractivity (Wildman–Crippen MR) is 114 cm³/mol. The summed E-state index contributed by atoms with van der Waals surface area (Å²) in [4.78, 5) is 15.6. The number of halogens is 1. The van der Waals surface area contributed by atoms with Crippen molar-refractivity contribution in [2.24, 2.45) is 11.8 Å². The molecule has 7 nitrogen and oxygen atoms in total. The van der Waals surface area contributed by atoms with Crippen LogP contribution in [0.2, 0.25) is 5.02 Å². The van der Waals surface area contributed by atoms with Gasteiger partial charge in [-0.25, -0.2) is 9.55 Å². The number of fused-ring (bicyclic) bond motifs is 2. The Morgan fingerprint density at radius 3 is 2.83 bits per heavy atom. The zero-order valence-electron chi connectivity index (χ0n) is 16.0. The molecule has 0 amide bonds. The Labute approximate surface area is 172 Å². The molecule has 4 heterocycles. The van der Waals surface area contributed by atoms with Crippen molar-refractivity contribution in [3.05, 3.63) is 42.1 Å². The summed E-state index contributed by atoms with van der Waals surface area (Å²) < 4.78 is 2.28. The van der Waals surface area contributed by atoms with Crippen molar-refractivity contribution < 1.29 is 4.57 Å². The molecule has 4 aromatic rings. The second-order valence-electron chi connectivity index (χ2n) is 8.23. The maximum atomic E-state index is 6.39. The molecule has 0 saturated heterocycles. The lowest BCUT2D eigenvalue weighted by Gasteiger charge is -2.10. The average molecular weight is 409 g/mol. The van der Waals surface area contributed by atoms with Crippen molar-refractivity contribution in [1.82, 2.24) is 19.9 Å². The van der Waals surface area contributed by atoms with E-state index in [4.69, 9.17) is 16.6 Å². The fourth-order valence-corrected chi connectivity index (χ4v) is 4.37. The van der Waals surface area contributed by atoms with Crippen LogP contribution in [-0.2, 0) is 0 Å². The van der Waals surface area contributed by atoms with Crippen LogP contribution < -0.4 is 15.2 Å². The minimum Gasteiger partial charge on any atom is -0.383 e. The highest BCUT2D eigenvalue weighted by Gasteiger charge is 2.42. The second kappa shape index (κ2) is 6.62. The summed E-state index contributed by atoms with van der Waals surface area (Å²) in [5.74, 6) is 2.35. The predicted octanol–water partition coefficient (Wildman–Crippen LogP) is 3.88. The summed E-state index contributed by atoms with van der Waals surface area (Å²) in [6.45, 7) is 1.89. The van der Waals surface area contributed by atoms with Crippen molar-refractivity contribution in [2.45, 2.75) is 25.3 Å². The SMILES string of the molecule is Clc1cnc2[nH]ccc2c1NCC1CC1[n+]1cnc(NCC2CC2)c2cc[nH]c21. The molecular formula is C21H23ClN7+. The van der Waals surface area contributed by atoms with E-state index in [1.54, 1.807) is 6.20 Å². The van der Waals surface area contributed by atoms with Gasteiger partial charge in [-0.05, 0) is 37.3 Å². The van der Waals surface area contributed by atoms with Gasteiger partial charge in [-0.15, -0.1) is 0 Å². The van der Waals surface area contributed by atoms with Crippen LogP contribution in [0.4, 0.5) is 11.5 Å². The molecule has 6 rings (SSSR count). The highest BCUT2D eigenvalue weighted by atomic mass is 35.5. The first-order chi connectivity index (χ1) is 14.3. The zero-order valence-corrected chi connectivity index (χ0v) is 16.7. The summed E-state index contributed by atoms with van der Waals surface area (Å²) in [5, 5.41) is 9.92. The molecule has 2 aliphatic rings. The van der Waals surface area contributed by atoms with Crippen LogP contribution in [0.3, 0.4) is 0 Å². The monoisotopic (exact) mass is 408 g/mol. The van der Waals surface area contributed by atoms with E-state index in [0.29, 0.717) is 17.0 Å². The van der Waals surface area contributed by atoms with E-state index in [2.05, 4.69) is 36.2 Å². The third-order valence-electron chi connectivity index (χ3n) is 6.13. The molecule has 148 valence electrons. The molecule has 29 heavy (non-hydrogen) atoms. The van der Waals surface area contributed by atoms with Crippen LogP contribution in [0.5, 0.6) is 0 Å². The normalized spacial score (nSPS) is 21.0. The van der Waals surface area contributed by atoms with E-state index in [1.807, 2.05) is 24.8 Å². The number of H-pyrrole nitrogens is 2. The molecule has 2 unspecified atom stereocenters. The fraction of sp³-hybridized carbons (Fsp3) is 0.381. The van der Waals surface area contributed by atoms with Gasteiger partial charge in [-0.3, -0.25) is 4.98 Å². The second-order valence-corrected chi connectivity index (χ2v) is 8.64. The number of nitrogens with zero attached hydrogens (tertiary/aromatic N) is 3. The summed E-state index contributed by atoms with van der Waals surface area (Å²) >= 11 is 6.39. The molecule has 2 fully saturated rings. The Morgan fingerprint density at radius 2 is 1.93 bits per heavy atom. The van der Waals surface area contributed by atoms with Crippen molar-refractivity contribution in [3.8, 4) is 0 Å². The highest BCUT2D eigenvalue weighted by molar-refractivity contribution is 6.34. The van der Waals surface area contributed by atoms with Gasteiger partial charge in [0.25, 0.3) is 0 Å². The van der Waals surface area contributed by atoms with Gasteiger partial charge >= 0.3 is 0 Å². The smallest absolute Gasteiger partial charge is 0.238 e. The summed E-state index contributed by atoms with van der Waals surface area (Å²) in [6, 6.07) is 4.56. The molecule has 2 saturated carbocycles. The van der Waals surface area contributed by atoms with E-state index in [9.17, 15) is 0 Å². The van der Waals surface area contributed by atoms with Crippen molar-refractivity contribution in [3.63, 3.8) is 0 Å². The van der Waals surface area contributed by atoms with Crippen LogP contribution in [0.25, 0.3) is 22.1 Å². The molecule has 0 bridgehead atoms. The van der Waals surface area contributed by atoms with Gasteiger partial charge in [0.2, 0.25) is 17.8 Å². The number of pyridine rings is 1. The van der Waals surface area contributed by atoms with Gasteiger partial charge in [0.05, 0.1) is 29.1 Å². The van der Waals surface area contributed by atoms with E-state index in [-0.39, 0.29) is 0 Å². The number of rotatable bonds is 7. The number of aromatic amines is 2. The number of aromatic nitrogens is 5. The van der Waals surface area contributed by atoms with E-state index in [1.165, 1.54) is 12.8 Å². The summed E-state index contributed by atoms with van der Waals surface area (Å²) in [5.41, 5.74) is 2.95. The largest absolute Gasteiger partial charge is 0.383 e. The molecule has 4 aromatic heterocycles. The lowest BCUT2D eigenvalue weighted by Crippen LogP contribution is -2.35. The third kappa shape index (κ3) is 3.09. The fourth-order valence-electron chi connectivity index (χ4n) is 4.16. The van der Waals surface area contributed by atoms with Gasteiger partial charge in [0.1, 0.15) is 11.0 Å². The molecule has 0 aliphatic heterocycles.